The molecule has 12 N–H and O–H groups in total. The molecule has 10 aromatic carbocycles. The van der Waals surface area contributed by atoms with E-state index in [-0.39, 0.29) is 85.1 Å². The molecule has 2 aliphatic rings. The molecule has 1 saturated heterocycles. The van der Waals surface area contributed by atoms with Gasteiger partial charge < -0.3 is 81.3 Å². The minimum atomic E-state index is -1.42. The topological polar surface area (TPSA) is 528 Å². The van der Waals surface area contributed by atoms with Crippen LogP contribution in [0.15, 0.2) is 232 Å². The number of carbonyl (C=O) groups is 10. The van der Waals surface area contributed by atoms with E-state index in [9.17, 15) is 90.1 Å². The van der Waals surface area contributed by atoms with Gasteiger partial charge in [-0.15, -0.1) is 12.6 Å². The Labute approximate surface area is 764 Å². The summed E-state index contributed by atoms with van der Waals surface area (Å²) in [5.41, 5.74) is 10.7. The van der Waals surface area contributed by atoms with E-state index in [0.29, 0.717) is 61.6 Å². The van der Waals surface area contributed by atoms with Crippen molar-refractivity contribution >= 4 is 170 Å². The number of hydrogen-bond acceptors (Lipinski definition) is 30. The monoisotopic (exact) mass is 1950 g/mol. The van der Waals surface area contributed by atoms with Crippen molar-refractivity contribution in [3.63, 3.8) is 0 Å². The van der Waals surface area contributed by atoms with Crippen LogP contribution in [0, 0.1) is 49.3 Å². The third-order valence-corrected chi connectivity index (χ3v) is 20.4. The second-order valence-electron chi connectivity index (χ2n) is 23.1. The van der Waals surface area contributed by atoms with Crippen molar-refractivity contribution in [2.75, 3.05) is 84.7 Å². The summed E-state index contributed by atoms with van der Waals surface area (Å²) < 4.78 is 107. The molecule has 0 aromatic heterocycles. The van der Waals surface area contributed by atoms with Crippen molar-refractivity contribution in [1.29, 1.82) is 0 Å². The van der Waals surface area contributed by atoms with E-state index in [1.165, 1.54) is 64.1 Å². The van der Waals surface area contributed by atoms with E-state index in [2.05, 4.69) is 41.6 Å². The third-order valence-electron chi connectivity index (χ3n) is 15.4. The molecule has 664 valence electrons. The van der Waals surface area contributed by atoms with E-state index in [0.717, 1.165) is 138 Å². The zero-order valence-corrected chi connectivity index (χ0v) is 73.5. The van der Waals surface area contributed by atoms with Crippen LogP contribution in [0.3, 0.4) is 0 Å². The predicted octanol–water partition coefficient (Wildman–Crippen LogP) is 13.5. The summed E-state index contributed by atoms with van der Waals surface area (Å²) >= 11 is 10.2. The summed E-state index contributed by atoms with van der Waals surface area (Å²) in [6.07, 6.45) is 2.56. The number of amides is 1. The van der Waals surface area contributed by atoms with Crippen molar-refractivity contribution in [2.45, 2.75) is 56.9 Å². The first-order valence-electron chi connectivity index (χ1n) is 34.9. The third kappa shape index (κ3) is 32.8. The zero-order chi connectivity index (χ0) is 92.6. The molecular weight excluding hydrogens is 1880 g/mol. The maximum atomic E-state index is 14.1. The molecule has 0 spiro atoms. The van der Waals surface area contributed by atoms with Gasteiger partial charge in [-0.25, -0.2) is 60.7 Å². The fraction of sp³-hybridized carbons (Fsp3) is 0.146. The zero-order valence-electron chi connectivity index (χ0n) is 68.1. The first kappa shape index (κ1) is 110. The number of nitro benzene ring substituents is 2. The smallest absolute Gasteiger partial charge is 0.870 e. The van der Waals surface area contributed by atoms with Crippen LogP contribution in [0.2, 0.25) is 0 Å². The molecule has 0 unspecified atom stereocenters. The van der Waals surface area contributed by atoms with Gasteiger partial charge in [0.25, 0.3) is 11.6 Å². The van der Waals surface area contributed by atoms with Crippen molar-refractivity contribution in [3.05, 3.63) is 293 Å². The Hall–Kier alpha value is -12.1. The average molecular weight is 1950 g/mol. The van der Waals surface area contributed by atoms with Gasteiger partial charge in [0.15, 0.2) is 0 Å². The maximum absolute atomic E-state index is 14.1. The molecule has 0 saturated carbocycles. The number of aliphatic hydroxyl groups is 1. The number of carboxylic acid groups (broad SMARTS) is 3. The Balaban J connectivity index is 0.000000751. The fourth-order valence-electron chi connectivity index (χ4n) is 9.66. The first-order chi connectivity index (χ1) is 59.0. The molecule has 10 aromatic rings. The maximum Gasteiger partial charge on any atom is 1.00 e. The normalized spacial score (nSPS) is 10.7. The van der Waals surface area contributed by atoms with Gasteiger partial charge in [0.2, 0.25) is 5.82 Å². The summed E-state index contributed by atoms with van der Waals surface area (Å²) in [5.74, 6) is -12.7. The number of nitrogens with zero attached hydrogens (tertiary/aromatic N) is 2. The van der Waals surface area contributed by atoms with Crippen LogP contribution >= 0.6 is 82.3 Å². The number of hydrogen-bond donors (Lipinski definition) is 8. The number of fused-ring (bicyclic) bond motifs is 2. The number of benzene rings is 10. The molecule has 0 radical (unpaired) electrons. The van der Waals surface area contributed by atoms with E-state index in [1.54, 1.807) is 103 Å². The molecular formula is C82H76F5ILiN5O27S5. The Bertz CT molecular complexity index is 5560. The van der Waals surface area contributed by atoms with Gasteiger partial charge in [0.1, 0.15) is 28.8 Å². The number of halogens is 6. The van der Waals surface area contributed by atoms with Crippen LogP contribution in [-0.2, 0) is 33.2 Å². The number of nitrogen functional groups attached to an aromatic ring is 2. The number of alkyl halides is 1. The predicted molar refractivity (Wildman–Crippen MR) is 461 cm³/mol. The minimum absolute atomic E-state index is 0. The first-order valence-corrected chi connectivity index (χ1v) is 39.5. The van der Waals surface area contributed by atoms with E-state index in [4.69, 9.17) is 42.7 Å². The van der Waals surface area contributed by atoms with Crippen LogP contribution in [0.25, 0.3) is 0 Å². The number of carboxylic acids is 3. The molecule has 1 fully saturated rings. The molecule has 0 atom stereocenters. The summed E-state index contributed by atoms with van der Waals surface area (Å²) in [7, 11) is 8.18. The molecule has 44 heteroatoms. The number of nitrogens with two attached hydrogens (primary N) is 2. The van der Waals surface area contributed by atoms with Gasteiger partial charge >= 0.3 is 78.3 Å². The molecule has 0 aliphatic carbocycles. The Morgan fingerprint density at radius 1 is 0.468 bits per heavy atom. The average Bonchev–Trinajstić information content (AvgIpc) is 1.67. The summed E-state index contributed by atoms with van der Waals surface area (Å²) in [4.78, 5) is 137. The summed E-state index contributed by atoms with van der Waals surface area (Å²) in [5, 5.41) is 58.0. The number of methoxy groups -OCH3 is 6. The van der Waals surface area contributed by atoms with Crippen LogP contribution in [0.1, 0.15) is 118 Å². The van der Waals surface area contributed by atoms with Gasteiger partial charge in [0, 0.05) is 84.4 Å². The van der Waals surface area contributed by atoms with Crippen molar-refractivity contribution in [1.82, 2.24) is 0 Å². The Morgan fingerprint density at radius 2 is 0.825 bits per heavy atom. The second kappa shape index (κ2) is 56.7. The number of aliphatic hydroxyl groups excluding tert-OH is 1. The SMILES string of the molecule is C1CCOC1.CO.COC(=O)c1cc(N)c(Sc2ccccc2C(=O)OC)cc1F.COC(=O)c1cc([N+](=O)[O-])c(Sc2ccccc2C(=O)OC)cc1F.COC(=O)c1ccc(F)c([N+](=O)[O-])c1.COC(=O)c1ccccc1S.Nc1cc(C(=O)O)c(F)cc1Sc1ccccc1C(=O)O.O.O=C(O)c1cc2c(cc1F)Sc1ccccc1C(=O)N2.[2H]CI.[Li+].[OH-]. The number of nitrogens with one attached hydrogen (secondary N) is 1. The summed E-state index contributed by atoms with van der Waals surface area (Å²) in [6.45, 7) is 2.00. The van der Waals surface area contributed by atoms with Gasteiger partial charge in [-0.3, -0.25) is 25.0 Å². The Morgan fingerprint density at radius 3 is 1.26 bits per heavy atom. The number of nitro groups is 2. The standard InChI is InChI=1S/C16H12FNO6S.C16H14FNO4S.C14H10FNO4S.C14H8FNO3S.C8H6FNO4.C8H8O2S.C4H8O.CH3I.CH4O.Li.2H2O/c1-23-15(19)9-5-3-4-6-13(9)25-14-8-11(17)10(16(20)24-2)7-12(14)18(21)22;1-21-15(19)9-5-3-4-6-13(9)23-14-8-11(17)10(7-12(14)18)16(20)22-2;15-9-6-12(10(16)5-8(9)14(19)20)21-11-4-2-1-3-7(11)13(17)18;15-9-6-12-10(5-8(9)14(18)19)16-13(17)7-3-1-2-4-11(7)20-12;1-14-8(11)5-2-3-6(9)7(4-5)10(12)13;1-10-8(9)6-4-2-3-5-7(6)11;1-2-4-5-3-1;2*1-2;;;/h3-8H,1-2H3;3-8H,18H2,1-2H3;1-6H,16H2,(H,17,18)(H,19,20);1-6H,(H,16,17)(H,18,19);2-4H,1H3;2-5,11H,1H3;1-4H2;1H3;2H,1H3;;2*1H2/q;;;;;;;;;+1;;/p-1/i;;;;;;;1D;;;;. The minimum Gasteiger partial charge on any atom is -0.870 e. The quantitative estimate of drug-likeness (QED) is 0.00401. The number of carbonyl (C=O) groups excluding carboxylic acids is 7. The number of thiol groups is 1. The molecule has 126 heavy (non-hydrogen) atoms. The second-order valence-corrected chi connectivity index (χ2v) is 27.9. The van der Waals surface area contributed by atoms with Crippen LogP contribution in [0.5, 0.6) is 0 Å². The summed E-state index contributed by atoms with van der Waals surface area (Å²) in [6, 6.07) is 44.3. The van der Waals surface area contributed by atoms with Crippen LogP contribution in [-0.4, -0.2) is 169 Å². The molecule has 2 heterocycles. The van der Waals surface area contributed by atoms with Crippen LogP contribution in [0.4, 0.5) is 50.4 Å². The molecule has 12 rings (SSSR count). The van der Waals surface area contributed by atoms with Gasteiger partial charge in [-0.1, -0.05) is 130 Å². The van der Waals surface area contributed by atoms with E-state index in [1.807, 2.05) is 28.7 Å². The number of anilines is 3. The van der Waals surface area contributed by atoms with Crippen molar-refractivity contribution < 1.29 is 165 Å². The van der Waals surface area contributed by atoms with E-state index >= 15 is 0 Å². The van der Waals surface area contributed by atoms with Gasteiger partial charge in [-0.2, -0.15) is 4.39 Å². The Kier molecular flexibility index (Phi) is 49.4. The molecule has 32 nitrogen and oxygen atoms in total. The van der Waals surface area contributed by atoms with Gasteiger partial charge in [-0.05, 0) is 133 Å². The van der Waals surface area contributed by atoms with Crippen molar-refractivity contribution in [3.8, 4) is 0 Å². The number of ether oxygens (including phenoxy) is 7. The number of aromatic carboxylic acids is 3. The van der Waals surface area contributed by atoms with E-state index < -0.39 is 115 Å². The molecule has 1 amide bonds. The number of rotatable bonds is 17. The van der Waals surface area contributed by atoms with Crippen molar-refractivity contribution in [2.24, 2.45) is 0 Å². The number of esters is 6. The largest absolute Gasteiger partial charge is 1.00 e. The van der Waals surface area contributed by atoms with Gasteiger partial charge in [0.05, 0.1) is 113 Å². The molecule has 0 bridgehead atoms. The fourth-order valence-corrected chi connectivity index (χ4v) is 14.0. The van der Waals surface area contributed by atoms with Crippen LogP contribution < -0.4 is 35.6 Å². The molecule has 2 aliphatic heterocycles.